The van der Waals surface area contributed by atoms with Gasteiger partial charge in [0.15, 0.2) is 0 Å². The first-order valence-electron chi connectivity index (χ1n) is 6.42. The van der Waals surface area contributed by atoms with Gasteiger partial charge in [-0.1, -0.05) is 6.92 Å². The fourth-order valence-corrected chi connectivity index (χ4v) is 2.31. The van der Waals surface area contributed by atoms with Crippen LogP contribution in [0.2, 0.25) is 0 Å². The molecule has 1 heterocycles. The van der Waals surface area contributed by atoms with Gasteiger partial charge in [0.2, 0.25) is 5.91 Å². The van der Waals surface area contributed by atoms with Crippen molar-refractivity contribution in [2.45, 2.75) is 32.2 Å². The van der Waals surface area contributed by atoms with Crippen molar-refractivity contribution in [3.8, 4) is 0 Å². The average Bonchev–Trinajstić information content (AvgIpc) is 2.32. The number of aliphatic hydroxyl groups excluding tert-OH is 2. The van der Waals surface area contributed by atoms with Gasteiger partial charge in [0, 0.05) is 25.6 Å². The summed E-state index contributed by atoms with van der Waals surface area (Å²) in [7, 11) is 0. The number of nitrogens with zero attached hydrogens (tertiary/aromatic N) is 1. The van der Waals surface area contributed by atoms with E-state index >= 15 is 0 Å². The lowest BCUT2D eigenvalue weighted by molar-refractivity contribution is -0.133. The van der Waals surface area contributed by atoms with Gasteiger partial charge < -0.3 is 20.4 Å². The molecule has 100 valence electrons. The van der Waals surface area contributed by atoms with Crippen molar-refractivity contribution in [3.05, 3.63) is 0 Å². The number of aliphatic hydroxyl groups is 2. The normalized spacial score (nSPS) is 24.6. The van der Waals surface area contributed by atoms with Crippen LogP contribution < -0.4 is 5.32 Å². The number of hydrogen-bond acceptors (Lipinski definition) is 4. The number of piperidine rings is 1. The van der Waals surface area contributed by atoms with Crippen molar-refractivity contribution >= 4 is 5.91 Å². The molecule has 0 saturated carbocycles. The van der Waals surface area contributed by atoms with E-state index in [-0.39, 0.29) is 25.2 Å². The van der Waals surface area contributed by atoms with Crippen LogP contribution in [0.25, 0.3) is 0 Å². The summed E-state index contributed by atoms with van der Waals surface area (Å²) in [4.78, 5) is 13.5. The Morgan fingerprint density at radius 3 is 2.53 bits per heavy atom. The van der Waals surface area contributed by atoms with Gasteiger partial charge in [-0.3, -0.25) is 4.79 Å². The van der Waals surface area contributed by atoms with Crippen LogP contribution in [0.3, 0.4) is 0 Å². The van der Waals surface area contributed by atoms with Gasteiger partial charge in [-0.15, -0.1) is 0 Å². The quantitative estimate of drug-likeness (QED) is 0.593. The Labute approximate surface area is 103 Å². The van der Waals surface area contributed by atoms with Crippen LogP contribution in [0.5, 0.6) is 0 Å². The Hall–Kier alpha value is -0.650. The second-order valence-electron chi connectivity index (χ2n) is 4.71. The molecule has 0 aromatic rings. The highest BCUT2D eigenvalue weighted by Crippen LogP contribution is 2.18. The van der Waals surface area contributed by atoms with Gasteiger partial charge in [0.1, 0.15) is 0 Å². The second-order valence-corrected chi connectivity index (χ2v) is 4.71. The molecule has 0 aromatic heterocycles. The van der Waals surface area contributed by atoms with Crippen LogP contribution in [0, 0.1) is 5.92 Å². The van der Waals surface area contributed by atoms with Gasteiger partial charge in [-0.2, -0.15) is 0 Å². The Balaban J connectivity index is 2.44. The van der Waals surface area contributed by atoms with E-state index in [0.29, 0.717) is 25.4 Å². The maximum absolute atomic E-state index is 12.0. The number of amides is 1. The first-order valence-corrected chi connectivity index (χ1v) is 6.42. The van der Waals surface area contributed by atoms with E-state index in [1.54, 1.807) is 0 Å². The molecule has 1 saturated heterocycles. The summed E-state index contributed by atoms with van der Waals surface area (Å²) >= 11 is 0. The zero-order valence-corrected chi connectivity index (χ0v) is 10.6. The predicted molar refractivity (Wildman–Crippen MR) is 65.6 cm³/mol. The molecule has 1 amide bonds. The topological polar surface area (TPSA) is 72.8 Å². The monoisotopic (exact) mass is 244 g/mol. The fourth-order valence-electron chi connectivity index (χ4n) is 2.31. The third-order valence-corrected chi connectivity index (χ3v) is 3.42. The minimum Gasteiger partial charge on any atom is -0.395 e. The number of carbonyl (C=O) groups is 1. The maximum Gasteiger partial charge on any atom is 0.224 e. The van der Waals surface area contributed by atoms with Crippen LogP contribution in [-0.4, -0.2) is 59.9 Å². The molecular weight excluding hydrogens is 220 g/mol. The number of carbonyl (C=O) groups excluding carboxylic acids is 1. The Morgan fingerprint density at radius 1 is 1.35 bits per heavy atom. The van der Waals surface area contributed by atoms with Gasteiger partial charge in [-0.25, -0.2) is 0 Å². The molecule has 1 aliphatic heterocycles. The number of hydrogen-bond donors (Lipinski definition) is 3. The van der Waals surface area contributed by atoms with Gasteiger partial charge >= 0.3 is 0 Å². The summed E-state index contributed by atoms with van der Waals surface area (Å²) in [6, 6.07) is 0.233. The van der Waals surface area contributed by atoms with Crippen molar-refractivity contribution in [2.24, 2.45) is 5.92 Å². The molecule has 17 heavy (non-hydrogen) atoms. The summed E-state index contributed by atoms with van der Waals surface area (Å²) < 4.78 is 0. The lowest BCUT2D eigenvalue weighted by Crippen LogP contribution is -2.45. The minimum atomic E-state index is -0.0562. The Kier molecular flexibility index (Phi) is 6.47. The van der Waals surface area contributed by atoms with Crippen molar-refractivity contribution in [1.82, 2.24) is 10.2 Å². The predicted octanol–water partition coefficient (Wildman–Crippen LogP) is -0.422. The second kappa shape index (κ2) is 7.63. The molecule has 0 bridgehead atoms. The van der Waals surface area contributed by atoms with E-state index in [1.165, 1.54) is 11.3 Å². The van der Waals surface area contributed by atoms with Crippen molar-refractivity contribution in [2.75, 3.05) is 32.8 Å². The van der Waals surface area contributed by atoms with Crippen molar-refractivity contribution in [1.29, 1.82) is 0 Å². The molecule has 5 nitrogen and oxygen atoms in total. The smallest absolute Gasteiger partial charge is 0.224 e. The summed E-state index contributed by atoms with van der Waals surface area (Å²) in [6.07, 6.45) is 2.79. The van der Waals surface area contributed by atoms with Crippen molar-refractivity contribution < 1.29 is 15.0 Å². The van der Waals surface area contributed by atoms with Crippen LogP contribution in [0.15, 0.2) is 0 Å². The molecule has 0 aliphatic carbocycles. The summed E-state index contributed by atoms with van der Waals surface area (Å²) in [5.74, 6) is 0.525. The van der Waals surface area contributed by atoms with Crippen LogP contribution in [0.4, 0.5) is 0 Å². The van der Waals surface area contributed by atoms with Crippen LogP contribution >= 0.6 is 0 Å². The summed E-state index contributed by atoms with van der Waals surface area (Å²) in [5, 5.41) is 21.1. The molecule has 1 rings (SSSR count). The molecule has 1 fully saturated rings. The highest BCUT2D eigenvalue weighted by molar-refractivity contribution is 5.76. The number of nitrogens with one attached hydrogen (secondary N) is 1. The van der Waals surface area contributed by atoms with E-state index in [1.807, 2.05) is 0 Å². The van der Waals surface area contributed by atoms with E-state index < -0.39 is 0 Å². The molecule has 3 N–H and O–H groups in total. The Morgan fingerprint density at radius 2 is 2.00 bits per heavy atom. The average molecular weight is 244 g/mol. The lowest BCUT2D eigenvalue weighted by Gasteiger charge is -2.31. The first-order chi connectivity index (χ1) is 8.19. The third-order valence-electron chi connectivity index (χ3n) is 3.42. The molecule has 0 radical (unpaired) electrons. The van der Waals surface area contributed by atoms with E-state index in [0.717, 1.165) is 13.0 Å². The molecule has 1 aliphatic rings. The van der Waals surface area contributed by atoms with Crippen LogP contribution in [0.1, 0.15) is 26.2 Å². The van der Waals surface area contributed by atoms with E-state index in [2.05, 4.69) is 12.2 Å². The molecular formula is C12H24N2O3. The minimum absolute atomic E-state index is 0.0133. The van der Waals surface area contributed by atoms with Gasteiger partial charge in [0.05, 0.1) is 13.2 Å². The summed E-state index contributed by atoms with van der Waals surface area (Å²) in [6.45, 7) is 3.63. The largest absolute Gasteiger partial charge is 0.395 e. The highest BCUT2D eigenvalue weighted by Gasteiger charge is 2.25. The molecule has 0 aromatic carbocycles. The zero-order valence-electron chi connectivity index (χ0n) is 10.6. The van der Waals surface area contributed by atoms with Gasteiger partial charge in [-0.05, 0) is 25.3 Å². The SMILES string of the molecule is CC1CCCNC1CC(=O)N(CCO)CCO. The highest BCUT2D eigenvalue weighted by atomic mass is 16.3. The molecule has 2 atom stereocenters. The molecule has 0 spiro atoms. The van der Waals surface area contributed by atoms with Crippen molar-refractivity contribution in [3.63, 3.8) is 0 Å². The van der Waals surface area contributed by atoms with E-state index in [9.17, 15) is 4.79 Å². The van der Waals surface area contributed by atoms with E-state index in [4.69, 9.17) is 10.2 Å². The maximum atomic E-state index is 12.0. The number of rotatable bonds is 6. The molecule has 5 heteroatoms. The zero-order chi connectivity index (χ0) is 12.7. The fraction of sp³-hybridized carbons (Fsp3) is 0.917. The summed E-state index contributed by atoms with van der Waals surface area (Å²) in [5.41, 5.74) is 0. The first kappa shape index (κ1) is 14.4. The van der Waals surface area contributed by atoms with Gasteiger partial charge in [0.25, 0.3) is 0 Å². The van der Waals surface area contributed by atoms with Crippen LogP contribution in [-0.2, 0) is 4.79 Å². The Bertz CT molecular complexity index is 230. The lowest BCUT2D eigenvalue weighted by atomic mass is 9.90. The third kappa shape index (κ3) is 4.61. The standard InChI is InChI=1S/C12H24N2O3/c1-10-3-2-4-13-11(10)9-12(17)14(5-7-15)6-8-16/h10-11,13,15-16H,2-9H2,1H3. The molecule has 2 unspecified atom stereocenters.